The van der Waals surface area contributed by atoms with Gasteiger partial charge >= 0.3 is 6.09 Å². The Kier molecular flexibility index (Phi) is 15.6. The van der Waals surface area contributed by atoms with Crippen molar-refractivity contribution < 1.29 is 49.4 Å². The lowest BCUT2D eigenvalue weighted by molar-refractivity contribution is -0.141. The third kappa shape index (κ3) is 11.3. The summed E-state index contributed by atoms with van der Waals surface area (Å²) in [6.45, 7) is 14.2. The van der Waals surface area contributed by atoms with Gasteiger partial charge in [0.1, 0.15) is 47.1 Å². The number of aromatic nitrogens is 1. The van der Waals surface area contributed by atoms with E-state index in [2.05, 4.69) is 28.8 Å². The van der Waals surface area contributed by atoms with Gasteiger partial charge in [-0.25, -0.2) is 4.79 Å². The summed E-state index contributed by atoms with van der Waals surface area (Å²) in [4.78, 5) is 68.1. The van der Waals surface area contributed by atoms with Crippen molar-refractivity contribution in [3.8, 4) is 11.5 Å². The molecule has 1 aromatic carbocycles. The molecule has 4 amide bonds. The largest absolute Gasteiger partial charge is 0.497 e. The summed E-state index contributed by atoms with van der Waals surface area (Å²) in [7, 11) is 1.57. The number of rotatable bonds is 15. The minimum atomic E-state index is -1.26. The van der Waals surface area contributed by atoms with E-state index in [9.17, 15) is 19.2 Å². The molecule has 2 heterocycles. The van der Waals surface area contributed by atoms with Crippen LogP contribution in [0.1, 0.15) is 78.3 Å². The lowest BCUT2D eigenvalue weighted by Crippen LogP contribution is -2.57. The van der Waals surface area contributed by atoms with Crippen molar-refractivity contribution in [2.24, 2.45) is 11.7 Å². The topological polar surface area (TPSA) is 211 Å². The highest BCUT2D eigenvalue weighted by Crippen LogP contribution is 2.44. The van der Waals surface area contributed by atoms with Gasteiger partial charge in [0.05, 0.1) is 19.2 Å². The van der Waals surface area contributed by atoms with E-state index in [1.807, 2.05) is 12.1 Å². The molecule has 0 bridgehead atoms. The number of carbonyl (C=O) groups is 5. The van der Waals surface area contributed by atoms with Crippen LogP contribution in [0.15, 0.2) is 55.8 Å². The Morgan fingerprint density at radius 1 is 1.18 bits per heavy atom. The zero-order valence-electron chi connectivity index (χ0n) is 30.2. The van der Waals surface area contributed by atoms with Crippen LogP contribution in [0.4, 0.5) is 4.79 Å². The highest BCUT2D eigenvalue weighted by molar-refractivity contribution is 5.97. The second kappa shape index (κ2) is 18.9. The Labute approximate surface area is 305 Å². The number of allylic oxidation sites excluding steroid dienone is 1. The van der Waals surface area contributed by atoms with Gasteiger partial charge in [-0.3, -0.25) is 19.4 Å². The average Bonchev–Trinajstić information content (AvgIpc) is 3.62. The number of primary amides is 1. The summed E-state index contributed by atoms with van der Waals surface area (Å²) in [5, 5.41) is 6.30. The van der Waals surface area contributed by atoms with E-state index in [0.717, 1.165) is 30.9 Å². The summed E-state index contributed by atoms with van der Waals surface area (Å²) in [5.74, 6) is -0.769. The third-order valence-electron chi connectivity index (χ3n) is 8.53. The summed E-state index contributed by atoms with van der Waals surface area (Å²) >= 11 is 0. The number of benzene rings is 1. The highest BCUT2D eigenvalue weighted by atomic mass is 16.6. The molecule has 6 N–H and O–H groups in total. The molecule has 2 aliphatic rings. The smallest absolute Gasteiger partial charge is 0.408 e. The van der Waals surface area contributed by atoms with Gasteiger partial charge in [0, 0.05) is 35.7 Å². The fourth-order valence-electron chi connectivity index (χ4n) is 5.97. The Morgan fingerprint density at radius 2 is 1.88 bits per heavy atom. The van der Waals surface area contributed by atoms with Crippen molar-refractivity contribution in [3.05, 3.63) is 55.8 Å². The Bertz CT molecular complexity index is 1580. The first-order valence-electron chi connectivity index (χ1n) is 16.9. The number of ether oxygens (including phenoxy) is 3. The first-order chi connectivity index (χ1) is 23.7. The fraction of sp³-hybridized carbons (Fsp3) is 0.514. The number of amides is 4. The normalized spacial score (nSPS) is 21.0. The fourth-order valence-corrected chi connectivity index (χ4v) is 5.97. The molecule has 4 rings (SSSR count). The number of nitrogens with zero attached hydrogens (tertiary/aromatic N) is 2. The first-order valence-corrected chi connectivity index (χ1v) is 16.9. The Morgan fingerprint density at radius 3 is 2.47 bits per heavy atom. The summed E-state index contributed by atoms with van der Waals surface area (Å²) in [6.07, 6.45) is 8.51. The standard InChI is InChI=1S/C35H47N5O7.C2H4O.H2O.4H2/c1-7-9-10-11-12-13-26(38-33(44)47-34(3,4)5)31(42)40-21-24(19-28(40)30(41)39-35(32(36)43)20-22(35)8-2)46-29-16-17-37-27-18-23(45-6)14-15-25(27)29;1-2-3;;;;;/h7-8,14-18,22,24,26,28H,1-2,9-13,19-21H2,3-6H3,(H2,36,43)(H,38,44)(H,39,41);2H,1H3;1H2;4*1H/t22-,24-,26+,28+,35-;;;;;;/m1....../s1. The molecule has 5 atom stereocenters. The van der Waals surface area contributed by atoms with Gasteiger partial charge in [-0.05, 0) is 71.6 Å². The average molecular weight is 720 g/mol. The predicted octanol–water partition coefficient (Wildman–Crippen LogP) is 4.53. The van der Waals surface area contributed by atoms with Gasteiger partial charge in [-0.15, -0.1) is 13.2 Å². The van der Waals surface area contributed by atoms with E-state index in [0.29, 0.717) is 36.3 Å². The molecule has 1 aliphatic heterocycles. The van der Waals surface area contributed by atoms with E-state index in [1.165, 1.54) is 11.8 Å². The van der Waals surface area contributed by atoms with Crippen LogP contribution in [0.2, 0.25) is 0 Å². The number of carbonyl (C=O) groups excluding carboxylic acids is 5. The number of unbranched alkanes of at least 4 members (excludes halogenated alkanes) is 3. The maximum atomic E-state index is 14.3. The molecule has 14 heteroatoms. The van der Waals surface area contributed by atoms with Crippen LogP contribution in [0, 0.1) is 5.92 Å². The minimum absolute atomic E-state index is 0. The van der Waals surface area contributed by atoms with E-state index in [-0.39, 0.29) is 30.1 Å². The monoisotopic (exact) mass is 719 g/mol. The van der Waals surface area contributed by atoms with Crippen LogP contribution >= 0.6 is 0 Å². The molecule has 0 unspecified atom stereocenters. The van der Waals surface area contributed by atoms with Crippen LogP contribution in [0.25, 0.3) is 10.9 Å². The van der Waals surface area contributed by atoms with Crippen molar-refractivity contribution in [1.29, 1.82) is 0 Å². The van der Waals surface area contributed by atoms with Gasteiger partial charge in [0.15, 0.2) is 0 Å². The molecule has 0 radical (unpaired) electrons. The number of methoxy groups -OCH3 is 1. The summed E-state index contributed by atoms with van der Waals surface area (Å²) in [6, 6.07) is 5.21. The molecule has 2 aromatic rings. The molecule has 51 heavy (non-hydrogen) atoms. The predicted molar refractivity (Wildman–Crippen MR) is 201 cm³/mol. The van der Waals surface area contributed by atoms with Crippen LogP contribution in [-0.4, -0.2) is 88.4 Å². The maximum absolute atomic E-state index is 14.3. The zero-order chi connectivity index (χ0) is 37.1. The van der Waals surface area contributed by atoms with Crippen molar-refractivity contribution in [2.45, 2.75) is 102 Å². The van der Waals surface area contributed by atoms with Gasteiger partial charge in [-0.2, -0.15) is 0 Å². The van der Waals surface area contributed by atoms with Gasteiger partial charge in [-0.1, -0.05) is 25.0 Å². The van der Waals surface area contributed by atoms with Crippen LogP contribution in [0.3, 0.4) is 0 Å². The zero-order valence-corrected chi connectivity index (χ0v) is 30.2. The number of hydrogen-bond donors (Lipinski definition) is 3. The molecule has 2 fully saturated rings. The molecule has 1 saturated carbocycles. The van der Waals surface area contributed by atoms with Crippen LogP contribution < -0.4 is 25.8 Å². The molecular weight excluding hydrogens is 658 g/mol. The summed E-state index contributed by atoms with van der Waals surface area (Å²) < 4.78 is 17.2. The minimum Gasteiger partial charge on any atom is -0.497 e. The highest BCUT2D eigenvalue weighted by Gasteiger charge is 2.60. The lowest BCUT2D eigenvalue weighted by atomic mass is 10.0. The molecule has 288 valence electrons. The van der Waals surface area contributed by atoms with Crippen LogP contribution in [0.5, 0.6) is 11.5 Å². The lowest BCUT2D eigenvalue weighted by Gasteiger charge is -2.30. The van der Waals surface area contributed by atoms with E-state index in [1.54, 1.807) is 58.4 Å². The van der Waals surface area contributed by atoms with E-state index < -0.39 is 53.1 Å². The SMILES string of the molecule is C=CCCCCC[C@H](NC(=O)OC(C)(C)C)C(=O)N1C[C@H](Oc2ccnc3cc(OC)ccc23)C[C@H]1C(=O)N[C@]1(C(N)=O)C[C@H]1C=C.CC=O.O.[HH].[HH].[HH].[HH]. The number of pyridine rings is 1. The van der Waals surface area contributed by atoms with Crippen molar-refractivity contribution in [1.82, 2.24) is 20.5 Å². The maximum Gasteiger partial charge on any atom is 0.408 e. The van der Waals surface area contributed by atoms with Crippen LogP contribution in [-0.2, 0) is 23.9 Å². The Balaban J connectivity index is -0.00000327. The summed E-state index contributed by atoms with van der Waals surface area (Å²) in [5.41, 5.74) is 4.32. The first kappa shape index (κ1) is 42.2. The second-order valence-electron chi connectivity index (χ2n) is 13.4. The molecule has 1 aliphatic carbocycles. The van der Waals surface area contributed by atoms with Gasteiger partial charge in [0.25, 0.3) is 0 Å². The molecule has 1 saturated heterocycles. The van der Waals surface area contributed by atoms with Gasteiger partial charge < -0.3 is 45.7 Å². The molecule has 1 aromatic heterocycles. The number of nitrogens with one attached hydrogen (secondary N) is 2. The van der Waals surface area contributed by atoms with Crippen molar-refractivity contribution in [3.63, 3.8) is 0 Å². The molecule has 14 nitrogen and oxygen atoms in total. The number of alkyl carbamates (subject to hydrolysis) is 1. The number of hydrogen-bond acceptors (Lipinski definition) is 9. The van der Waals surface area contributed by atoms with Gasteiger partial charge in [0.2, 0.25) is 17.7 Å². The number of nitrogens with two attached hydrogens (primary N) is 1. The number of likely N-dealkylation sites (tertiary alicyclic amines) is 1. The quantitative estimate of drug-likeness (QED) is 0.134. The van der Waals surface area contributed by atoms with E-state index >= 15 is 0 Å². The number of fused-ring (bicyclic) bond motifs is 1. The molecule has 0 spiro atoms. The second-order valence-corrected chi connectivity index (χ2v) is 13.4. The number of aldehydes is 1. The molecular formula is C37H61N5O9. The Hall–Kier alpha value is -4.98. The van der Waals surface area contributed by atoms with Crippen molar-refractivity contribution >= 4 is 41.0 Å². The van der Waals surface area contributed by atoms with E-state index in [4.69, 9.17) is 24.7 Å². The van der Waals surface area contributed by atoms with Crippen molar-refractivity contribution in [2.75, 3.05) is 13.7 Å². The third-order valence-corrected chi connectivity index (χ3v) is 8.53.